The van der Waals surface area contributed by atoms with Crippen molar-refractivity contribution in [2.24, 2.45) is 0 Å². The van der Waals surface area contributed by atoms with Crippen LogP contribution in [0, 0.1) is 0 Å². The van der Waals surface area contributed by atoms with Crippen LogP contribution in [0.4, 0.5) is 5.69 Å². The van der Waals surface area contributed by atoms with Crippen molar-refractivity contribution in [3.05, 3.63) is 54.1 Å². The number of sulfonamides is 1. The molecule has 2 aromatic carbocycles. The summed E-state index contributed by atoms with van der Waals surface area (Å²) in [6.45, 7) is 1.48. The van der Waals surface area contributed by atoms with Crippen molar-refractivity contribution in [1.82, 2.24) is 5.32 Å². The molecule has 0 spiro atoms. The molecular formula is C20H26N2O6S2. The van der Waals surface area contributed by atoms with E-state index in [-0.39, 0.29) is 17.5 Å². The lowest BCUT2D eigenvalue weighted by atomic mass is 10.0. The van der Waals surface area contributed by atoms with Gasteiger partial charge in [0.25, 0.3) is 0 Å². The molecule has 1 unspecified atom stereocenters. The standard InChI is InChI=1S/C20H26N2O6S2/c1-5-19(15-6-12-18(13-7-15)29(3,24)25)21-20(23)14-22(30(4,26)27)16-8-10-17(28-2)11-9-16/h6-13,19H,5,14H2,1-4H3,(H,21,23). The summed E-state index contributed by atoms with van der Waals surface area (Å²) in [5.41, 5.74) is 1.08. The molecule has 2 aromatic rings. The SMILES string of the molecule is CCC(NC(=O)CN(c1ccc(OC)cc1)S(C)(=O)=O)c1ccc(S(C)(=O)=O)cc1. The molecule has 0 saturated heterocycles. The van der Waals surface area contributed by atoms with E-state index in [2.05, 4.69) is 5.32 Å². The summed E-state index contributed by atoms with van der Waals surface area (Å²) in [7, 11) is -5.51. The van der Waals surface area contributed by atoms with Gasteiger partial charge in [-0.3, -0.25) is 9.10 Å². The van der Waals surface area contributed by atoms with Gasteiger partial charge in [0.15, 0.2) is 9.84 Å². The molecule has 2 rings (SSSR count). The van der Waals surface area contributed by atoms with Crippen LogP contribution in [-0.4, -0.2) is 48.9 Å². The number of amides is 1. The molecule has 1 amide bonds. The van der Waals surface area contributed by atoms with Crippen LogP contribution in [0.3, 0.4) is 0 Å². The van der Waals surface area contributed by atoms with Gasteiger partial charge in [-0.05, 0) is 48.4 Å². The van der Waals surface area contributed by atoms with Gasteiger partial charge in [-0.15, -0.1) is 0 Å². The quantitative estimate of drug-likeness (QED) is 0.622. The van der Waals surface area contributed by atoms with Crippen LogP contribution in [0.25, 0.3) is 0 Å². The van der Waals surface area contributed by atoms with Crippen LogP contribution in [0.15, 0.2) is 53.4 Å². The Morgan fingerprint density at radius 2 is 1.57 bits per heavy atom. The fraction of sp³-hybridized carbons (Fsp3) is 0.350. The van der Waals surface area contributed by atoms with Gasteiger partial charge in [-0.1, -0.05) is 19.1 Å². The number of benzene rings is 2. The minimum Gasteiger partial charge on any atom is -0.497 e. The molecule has 8 nitrogen and oxygen atoms in total. The Balaban J connectivity index is 2.18. The summed E-state index contributed by atoms with van der Waals surface area (Å²) in [6, 6.07) is 12.2. The summed E-state index contributed by atoms with van der Waals surface area (Å²) in [4.78, 5) is 12.8. The van der Waals surface area contributed by atoms with Crippen molar-refractivity contribution in [2.75, 3.05) is 30.5 Å². The van der Waals surface area contributed by atoms with Gasteiger partial charge < -0.3 is 10.1 Å². The third-order valence-electron chi connectivity index (χ3n) is 4.50. The fourth-order valence-corrected chi connectivity index (χ4v) is 4.37. The van der Waals surface area contributed by atoms with Crippen molar-refractivity contribution < 1.29 is 26.4 Å². The summed E-state index contributed by atoms with van der Waals surface area (Å²) in [5, 5.41) is 2.82. The molecule has 0 heterocycles. The molecule has 0 aliphatic carbocycles. The average molecular weight is 455 g/mol. The van der Waals surface area contributed by atoms with Crippen LogP contribution >= 0.6 is 0 Å². The second kappa shape index (κ2) is 9.48. The van der Waals surface area contributed by atoms with Crippen molar-refractivity contribution in [1.29, 1.82) is 0 Å². The van der Waals surface area contributed by atoms with E-state index in [9.17, 15) is 21.6 Å². The molecule has 0 fully saturated rings. The number of hydrogen-bond acceptors (Lipinski definition) is 6. The van der Waals surface area contributed by atoms with Crippen molar-refractivity contribution in [3.63, 3.8) is 0 Å². The van der Waals surface area contributed by atoms with Crippen LogP contribution in [-0.2, 0) is 24.7 Å². The van der Waals surface area contributed by atoms with Crippen LogP contribution in [0.5, 0.6) is 5.75 Å². The molecule has 0 bridgehead atoms. The summed E-state index contributed by atoms with van der Waals surface area (Å²) in [5.74, 6) is 0.0931. The number of hydrogen-bond donors (Lipinski definition) is 1. The number of rotatable bonds is 9. The molecule has 0 aliphatic rings. The number of nitrogens with one attached hydrogen (secondary N) is 1. The van der Waals surface area contributed by atoms with E-state index in [0.717, 1.165) is 22.4 Å². The average Bonchev–Trinajstić information content (AvgIpc) is 2.69. The highest BCUT2D eigenvalue weighted by atomic mass is 32.2. The second-order valence-corrected chi connectivity index (χ2v) is 10.8. The topological polar surface area (TPSA) is 110 Å². The molecule has 30 heavy (non-hydrogen) atoms. The van der Waals surface area contributed by atoms with E-state index in [1.165, 1.54) is 19.2 Å². The zero-order valence-electron chi connectivity index (χ0n) is 17.3. The summed E-state index contributed by atoms with van der Waals surface area (Å²) < 4.78 is 53.8. The smallest absolute Gasteiger partial charge is 0.241 e. The van der Waals surface area contributed by atoms with Crippen molar-refractivity contribution in [3.8, 4) is 5.75 Å². The number of sulfone groups is 1. The molecule has 1 atom stereocenters. The molecular weight excluding hydrogens is 428 g/mol. The highest BCUT2D eigenvalue weighted by Gasteiger charge is 2.23. The van der Waals surface area contributed by atoms with E-state index in [1.807, 2.05) is 6.92 Å². The minimum atomic E-state index is -3.70. The lowest BCUT2D eigenvalue weighted by molar-refractivity contribution is -0.120. The first-order valence-electron chi connectivity index (χ1n) is 9.17. The lowest BCUT2D eigenvalue weighted by Gasteiger charge is -2.24. The molecule has 0 saturated carbocycles. The van der Waals surface area contributed by atoms with Crippen LogP contribution in [0.1, 0.15) is 24.9 Å². The molecule has 10 heteroatoms. The van der Waals surface area contributed by atoms with Crippen molar-refractivity contribution in [2.45, 2.75) is 24.3 Å². The van der Waals surface area contributed by atoms with Crippen LogP contribution < -0.4 is 14.4 Å². The number of carbonyl (C=O) groups is 1. The second-order valence-electron chi connectivity index (χ2n) is 6.84. The third-order valence-corrected chi connectivity index (χ3v) is 6.77. The zero-order valence-corrected chi connectivity index (χ0v) is 19.0. The Morgan fingerprint density at radius 1 is 1.00 bits per heavy atom. The normalized spacial score (nSPS) is 12.8. The van der Waals surface area contributed by atoms with Gasteiger partial charge >= 0.3 is 0 Å². The Morgan fingerprint density at radius 3 is 2.00 bits per heavy atom. The summed E-state index contributed by atoms with van der Waals surface area (Å²) in [6.07, 6.45) is 2.71. The van der Waals surface area contributed by atoms with E-state index in [1.54, 1.807) is 36.4 Å². The monoisotopic (exact) mass is 454 g/mol. The van der Waals surface area contributed by atoms with Gasteiger partial charge in [-0.2, -0.15) is 0 Å². The zero-order chi connectivity index (χ0) is 22.5. The maximum absolute atomic E-state index is 12.6. The number of nitrogens with zero attached hydrogens (tertiary/aromatic N) is 1. The molecule has 0 aromatic heterocycles. The maximum Gasteiger partial charge on any atom is 0.241 e. The Hall–Kier alpha value is -2.59. The lowest BCUT2D eigenvalue weighted by Crippen LogP contribution is -2.41. The van der Waals surface area contributed by atoms with Crippen molar-refractivity contribution >= 4 is 31.5 Å². The summed E-state index contributed by atoms with van der Waals surface area (Å²) >= 11 is 0. The molecule has 0 aliphatic heterocycles. The Bertz CT molecular complexity index is 1080. The predicted molar refractivity (Wildman–Crippen MR) is 116 cm³/mol. The van der Waals surface area contributed by atoms with E-state index < -0.39 is 25.8 Å². The maximum atomic E-state index is 12.6. The minimum absolute atomic E-state index is 0.190. The Kier molecular flexibility index (Phi) is 7.49. The number of carbonyl (C=O) groups excluding carboxylic acids is 1. The first kappa shape index (κ1) is 23.7. The number of anilines is 1. The van der Waals surface area contributed by atoms with Gasteiger partial charge in [0.05, 0.1) is 30.0 Å². The number of methoxy groups -OCH3 is 1. The Labute approximate surface area is 177 Å². The largest absolute Gasteiger partial charge is 0.497 e. The van der Waals surface area contributed by atoms with E-state index in [0.29, 0.717) is 17.9 Å². The highest BCUT2D eigenvalue weighted by molar-refractivity contribution is 7.92. The fourth-order valence-electron chi connectivity index (χ4n) is 2.89. The van der Waals surface area contributed by atoms with E-state index >= 15 is 0 Å². The molecule has 164 valence electrons. The van der Waals surface area contributed by atoms with E-state index in [4.69, 9.17) is 4.74 Å². The van der Waals surface area contributed by atoms with Gasteiger partial charge in [0, 0.05) is 6.26 Å². The van der Waals surface area contributed by atoms with Crippen LogP contribution in [0.2, 0.25) is 0 Å². The molecule has 0 radical (unpaired) electrons. The van der Waals surface area contributed by atoms with Gasteiger partial charge in [0.1, 0.15) is 12.3 Å². The highest BCUT2D eigenvalue weighted by Crippen LogP contribution is 2.22. The first-order valence-corrected chi connectivity index (χ1v) is 12.9. The predicted octanol–water partition coefficient (Wildman–Crippen LogP) is 2.13. The number of ether oxygens (including phenoxy) is 1. The molecule has 1 N–H and O–H groups in total. The third kappa shape index (κ3) is 6.20. The van der Waals surface area contributed by atoms with Gasteiger partial charge in [-0.25, -0.2) is 16.8 Å². The first-order chi connectivity index (χ1) is 14.0. The van der Waals surface area contributed by atoms with Gasteiger partial charge in [0.2, 0.25) is 15.9 Å².